The summed E-state index contributed by atoms with van der Waals surface area (Å²) >= 11 is 0. The van der Waals surface area contributed by atoms with Crippen LogP contribution in [0.4, 0.5) is 14.5 Å². The van der Waals surface area contributed by atoms with Gasteiger partial charge in [0, 0.05) is 0 Å². The van der Waals surface area contributed by atoms with Gasteiger partial charge >= 0.3 is 0 Å². The molecular formula is C15H18F2N2O2. The van der Waals surface area contributed by atoms with Gasteiger partial charge in [0.1, 0.15) is 29.4 Å². The Morgan fingerprint density at radius 1 is 1.29 bits per heavy atom. The second-order valence-corrected chi connectivity index (χ2v) is 5.33. The molecule has 1 aliphatic rings. The van der Waals surface area contributed by atoms with E-state index < -0.39 is 41.2 Å². The summed E-state index contributed by atoms with van der Waals surface area (Å²) in [5.74, 6) is -2.73. The Morgan fingerprint density at radius 3 is 2.38 bits per heavy atom. The third kappa shape index (κ3) is 2.62. The van der Waals surface area contributed by atoms with Crippen molar-refractivity contribution in [2.24, 2.45) is 5.92 Å². The fourth-order valence-corrected chi connectivity index (χ4v) is 2.44. The number of halogens is 2. The lowest BCUT2D eigenvalue weighted by molar-refractivity contribution is -0.134. The molecule has 21 heavy (non-hydrogen) atoms. The van der Waals surface area contributed by atoms with Crippen molar-refractivity contribution in [1.29, 1.82) is 0 Å². The SMILES string of the molecule is CCC(C)C1NC(=O)C(C)N(c2c(F)cccc2F)C1=O. The Balaban J connectivity index is 2.49. The van der Waals surface area contributed by atoms with Crippen LogP contribution in [0.1, 0.15) is 27.2 Å². The van der Waals surface area contributed by atoms with Crippen LogP contribution < -0.4 is 10.2 Å². The van der Waals surface area contributed by atoms with Gasteiger partial charge in [-0.15, -0.1) is 0 Å². The first kappa shape index (κ1) is 15.4. The van der Waals surface area contributed by atoms with Crippen molar-refractivity contribution in [2.75, 3.05) is 4.90 Å². The van der Waals surface area contributed by atoms with E-state index >= 15 is 0 Å². The first-order valence-corrected chi connectivity index (χ1v) is 6.96. The summed E-state index contributed by atoms with van der Waals surface area (Å²) in [6.07, 6.45) is 0.665. The van der Waals surface area contributed by atoms with E-state index in [2.05, 4.69) is 5.32 Å². The quantitative estimate of drug-likeness (QED) is 0.930. The molecule has 0 bridgehead atoms. The highest BCUT2D eigenvalue weighted by atomic mass is 19.1. The lowest BCUT2D eigenvalue weighted by Crippen LogP contribution is -2.64. The fraction of sp³-hybridized carbons (Fsp3) is 0.467. The number of carbonyl (C=O) groups is 2. The first-order valence-electron chi connectivity index (χ1n) is 6.96. The molecule has 2 rings (SSSR count). The van der Waals surface area contributed by atoms with Gasteiger partial charge in [-0.05, 0) is 25.0 Å². The topological polar surface area (TPSA) is 49.4 Å². The molecule has 4 nitrogen and oxygen atoms in total. The molecule has 1 aliphatic heterocycles. The molecule has 1 aromatic rings. The van der Waals surface area contributed by atoms with Crippen molar-refractivity contribution < 1.29 is 18.4 Å². The van der Waals surface area contributed by atoms with E-state index in [9.17, 15) is 18.4 Å². The highest BCUT2D eigenvalue weighted by molar-refractivity contribution is 6.08. The minimum Gasteiger partial charge on any atom is -0.342 e. The van der Waals surface area contributed by atoms with Crippen molar-refractivity contribution in [3.8, 4) is 0 Å². The van der Waals surface area contributed by atoms with Gasteiger partial charge in [0.2, 0.25) is 5.91 Å². The molecule has 114 valence electrons. The van der Waals surface area contributed by atoms with E-state index in [0.717, 1.165) is 17.0 Å². The maximum absolute atomic E-state index is 14.0. The van der Waals surface area contributed by atoms with E-state index in [0.29, 0.717) is 6.42 Å². The number of piperazine rings is 1. The molecule has 0 spiro atoms. The van der Waals surface area contributed by atoms with Crippen LogP contribution in [0.3, 0.4) is 0 Å². The van der Waals surface area contributed by atoms with Crippen LogP contribution in [0.15, 0.2) is 18.2 Å². The van der Waals surface area contributed by atoms with Gasteiger partial charge in [0.05, 0.1) is 0 Å². The van der Waals surface area contributed by atoms with Gasteiger partial charge in [-0.2, -0.15) is 0 Å². The number of hydrogen-bond donors (Lipinski definition) is 1. The molecule has 6 heteroatoms. The number of nitrogens with one attached hydrogen (secondary N) is 1. The fourth-order valence-electron chi connectivity index (χ4n) is 2.44. The van der Waals surface area contributed by atoms with Gasteiger partial charge in [0.25, 0.3) is 5.91 Å². The van der Waals surface area contributed by atoms with E-state index in [-0.39, 0.29) is 5.92 Å². The third-order valence-electron chi connectivity index (χ3n) is 3.96. The van der Waals surface area contributed by atoms with Gasteiger partial charge in [0.15, 0.2) is 0 Å². The molecule has 1 heterocycles. The van der Waals surface area contributed by atoms with E-state index in [4.69, 9.17) is 0 Å². The van der Waals surface area contributed by atoms with Crippen LogP contribution in [0.2, 0.25) is 0 Å². The minimum absolute atomic E-state index is 0.119. The Kier molecular flexibility index (Phi) is 4.25. The lowest BCUT2D eigenvalue weighted by atomic mass is 9.94. The number of benzene rings is 1. The largest absolute Gasteiger partial charge is 0.342 e. The van der Waals surface area contributed by atoms with E-state index in [1.54, 1.807) is 0 Å². The molecule has 0 radical (unpaired) electrons. The molecule has 1 saturated heterocycles. The zero-order valence-corrected chi connectivity index (χ0v) is 12.2. The highest BCUT2D eigenvalue weighted by Crippen LogP contribution is 2.29. The number of hydrogen-bond acceptors (Lipinski definition) is 2. The van der Waals surface area contributed by atoms with Crippen molar-refractivity contribution in [1.82, 2.24) is 5.32 Å². The maximum atomic E-state index is 14.0. The summed E-state index contributed by atoms with van der Waals surface area (Å²) in [7, 11) is 0. The minimum atomic E-state index is -0.954. The molecule has 2 amide bonds. The average Bonchev–Trinajstić information content (AvgIpc) is 2.45. The molecule has 0 aliphatic carbocycles. The molecule has 0 aromatic heterocycles. The number of carbonyl (C=O) groups excluding carboxylic acids is 2. The molecule has 0 saturated carbocycles. The van der Waals surface area contributed by atoms with Gasteiger partial charge in [-0.1, -0.05) is 26.3 Å². The standard InChI is InChI=1S/C15H18F2N2O2/c1-4-8(2)12-15(21)19(9(3)14(20)18-12)13-10(16)6-5-7-11(13)17/h5-9,12H,4H2,1-3H3,(H,18,20). The number of anilines is 1. The zero-order valence-electron chi connectivity index (χ0n) is 12.2. The van der Waals surface area contributed by atoms with E-state index in [1.807, 2.05) is 13.8 Å². The monoisotopic (exact) mass is 296 g/mol. The summed E-state index contributed by atoms with van der Waals surface area (Å²) in [6, 6.07) is 1.65. The van der Waals surface area contributed by atoms with Gasteiger partial charge in [-0.3, -0.25) is 14.5 Å². The molecular weight excluding hydrogens is 278 g/mol. The van der Waals surface area contributed by atoms with Crippen LogP contribution in [0.5, 0.6) is 0 Å². The Hall–Kier alpha value is -1.98. The second kappa shape index (κ2) is 5.79. The Bertz CT molecular complexity index is 557. The normalized spacial score (nSPS) is 24.0. The van der Waals surface area contributed by atoms with Crippen LogP contribution >= 0.6 is 0 Å². The van der Waals surface area contributed by atoms with E-state index in [1.165, 1.54) is 13.0 Å². The molecule has 1 fully saturated rings. The number of nitrogens with zero attached hydrogens (tertiary/aromatic N) is 1. The number of amides is 2. The third-order valence-corrected chi connectivity index (χ3v) is 3.96. The summed E-state index contributed by atoms with van der Waals surface area (Å²) in [5.41, 5.74) is -0.460. The van der Waals surface area contributed by atoms with Crippen LogP contribution in [-0.2, 0) is 9.59 Å². The average molecular weight is 296 g/mol. The Morgan fingerprint density at radius 2 is 1.86 bits per heavy atom. The smallest absolute Gasteiger partial charge is 0.250 e. The number of para-hydroxylation sites is 1. The predicted octanol–water partition coefficient (Wildman–Crippen LogP) is 2.23. The van der Waals surface area contributed by atoms with Crippen LogP contribution in [0.25, 0.3) is 0 Å². The van der Waals surface area contributed by atoms with Gasteiger partial charge in [-0.25, -0.2) is 8.78 Å². The summed E-state index contributed by atoms with van der Waals surface area (Å²) in [6.45, 7) is 5.15. The highest BCUT2D eigenvalue weighted by Gasteiger charge is 2.42. The van der Waals surface area contributed by atoms with Gasteiger partial charge < -0.3 is 5.32 Å². The predicted molar refractivity (Wildman–Crippen MR) is 74.7 cm³/mol. The molecule has 1 N–H and O–H groups in total. The van der Waals surface area contributed by atoms with Crippen LogP contribution in [0, 0.1) is 17.6 Å². The number of rotatable bonds is 3. The first-order chi connectivity index (χ1) is 9.88. The van der Waals surface area contributed by atoms with Crippen LogP contribution in [-0.4, -0.2) is 23.9 Å². The van der Waals surface area contributed by atoms with Crippen molar-refractivity contribution in [2.45, 2.75) is 39.3 Å². The maximum Gasteiger partial charge on any atom is 0.250 e. The van der Waals surface area contributed by atoms with Crippen molar-refractivity contribution in [3.05, 3.63) is 29.8 Å². The molecule has 1 aromatic carbocycles. The van der Waals surface area contributed by atoms with Crippen molar-refractivity contribution in [3.63, 3.8) is 0 Å². The second-order valence-electron chi connectivity index (χ2n) is 5.33. The summed E-state index contributed by atoms with van der Waals surface area (Å²) in [4.78, 5) is 25.5. The summed E-state index contributed by atoms with van der Waals surface area (Å²) in [5, 5.41) is 2.63. The van der Waals surface area contributed by atoms with Crippen molar-refractivity contribution >= 4 is 17.5 Å². The zero-order chi connectivity index (χ0) is 15.7. The molecule has 3 unspecified atom stereocenters. The Labute approximate surface area is 122 Å². The summed E-state index contributed by atoms with van der Waals surface area (Å²) < 4.78 is 27.9. The lowest BCUT2D eigenvalue weighted by Gasteiger charge is -2.39. The molecule has 3 atom stereocenters.